The number of hydrogen-bond donors (Lipinski definition) is 2. The van der Waals surface area contributed by atoms with Gasteiger partial charge < -0.3 is 11.1 Å². The fraction of sp³-hybridized carbons (Fsp3) is 0.818. The Bertz CT molecular complexity index is 266. The van der Waals surface area contributed by atoms with Gasteiger partial charge in [-0.2, -0.15) is 0 Å². The molecule has 0 radical (unpaired) electrons. The second-order valence-electron chi connectivity index (χ2n) is 4.51. The lowest BCUT2D eigenvalue weighted by Crippen LogP contribution is -2.22. The molecule has 0 bridgehead atoms. The average Bonchev–Trinajstić information content (AvgIpc) is 2.59. The third-order valence-corrected chi connectivity index (χ3v) is 3.50. The second-order valence-corrected chi connectivity index (χ2v) is 5.80. The van der Waals surface area contributed by atoms with Crippen LogP contribution in [0.25, 0.3) is 0 Å². The number of carbonyl (C=O) groups excluding carboxylic acids is 1. The summed E-state index contributed by atoms with van der Waals surface area (Å²) >= 11 is 1.82. The first-order valence-corrected chi connectivity index (χ1v) is 6.69. The van der Waals surface area contributed by atoms with Crippen LogP contribution < -0.4 is 11.1 Å². The highest BCUT2D eigenvalue weighted by Gasteiger charge is 2.19. The molecular weight excluding hydrogens is 222 g/mol. The van der Waals surface area contributed by atoms with Gasteiger partial charge in [-0.25, -0.2) is 0 Å². The molecule has 16 heavy (non-hydrogen) atoms. The van der Waals surface area contributed by atoms with Crippen molar-refractivity contribution in [3.05, 3.63) is 0 Å². The monoisotopic (exact) mass is 243 g/mol. The number of hydrogen-bond acceptors (Lipinski definition) is 4. The van der Waals surface area contributed by atoms with E-state index in [1.165, 1.54) is 6.42 Å². The Balaban J connectivity index is 2.09. The van der Waals surface area contributed by atoms with Crippen LogP contribution in [0.5, 0.6) is 0 Å². The van der Waals surface area contributed by atoms with E-state index in [2.05, 4.69) is 24.2 Å². The number of nitrogens with one attached hydrogen (secondary N) is 1. The van der Waals surface area contributed by atoms with E-state index in [-0.39, 0.29) is 5.91 Å². The summed E-state index contributed by atoms with van der Waals surface area (Å²) in [5.74, 6) is 0.488. The minimum atomic E-state index is -0.236. The molecule has 92 valence electrons. The van der Waals surface area contributed by atoms with Crippen LogP contribution in [-0.2, 0) is 4.79 Å². The van der Waals surface area contributed by atoms with Gasteiger partial charge in [0, 0.05) is 18.2 Å². The van der Waals surface area contributed by atoms with Gasteiger partial charge in [-0.1, -0.05) is 25.6 Å². The molecule has 0 saturated carbocycles. The van der Waals surface area contributed by atoms with E-state index in [1.807, 2.05) is 11.8 Å². The highest BCUT2D eigenvalue weighted by atomic mass is 32.2. The molecule has 5 heteroatoms. The molecule has 1 amide bonds. The summed E-state index contributed by atoms with van der Waals surface area (Å²) in [6, 6.07) is 0. The first kappa shape index (κ1) is 13.4. The van der Waals surface area contributed by atoms with E-state index in [9.17, 15) is 4.79 Å². The van der Waals surface area contributed by atoms with Gasteiger partial charge in [-0.15, -0.1) is 0 Å². The lowest BCUT2D eigenvalue weighted by Gasteiger charge is -2.10. The number of amides is 1. The van der Waals surface area contributed by atoms with Crippen molar-refractivity contribution in [2.45, 2.75) is 38.4 Å². The van der Waals surface area contributed by atoms with Gasteiger partial charge in [-0.3, -0.25) is 9.79 Å². The maximum absolute atomic E-state index is 10.5. The van der Waals surface area contributed by atoms with Crippen molar-refractivity contribution >= 4 is 22.8 Å². The highest BCUT2D eigenvalue weighted by Crippen LogP contribution is 2.25. The van der Waals surface area contributed by atoms with E-state index in [1.54, 1.807) is 0 Å². The molecule has 1 atom stereocenters. The van der Waals surface area contributed by atoms with Gasteiger partial charge in [-0.05, 0) is 18.8 Å². The number of nitrogens with zero attached hydrogens (tertiary/aromatic N) is 1. The Hall–Kier alpha value is -0.710. The minimum absolute atomic E-state index is 0.236. The zero-order valence-electron chi connectivity index (χ0n) is 10.0. The third-order valence-electron chi connectivity index (χ3n) is 2.33. The highest BCUT2D eigenvalue weighted by molar-refractivity contribution is 8.14. The molecule has 0 aromatic rings. The number of thioether (sulfide) groups is 1. The molecule has 0 fully saturated rings. The normalized spacial score (nSPS) is 19.9. The number of carbonyl (C=O) groups is 1. The van der Waals surface area contributed by atoms with Crippen molar-refractivity contribution in [1.82, 2.24) is 5.32 Å². The molecule has 1 heterocycles. The van der Waals surface area contributed by atoms with E-state index in [0.717, 1.165) is 30.6 Å². The summed E-state index contributed by atoms with van der Waals surface area (Å²) in [7, 11) is 0. The Kier molecular flexibility index (Phi) is 5.66. The average molecular weight is 243 g/mol. The number of aliphatic imine (C=N–C) groups is 1. The van der Waals surface area contributed by atoms with Crippen molar-refractivity contribution in [2.24, 2.45) is 16.6 Å². The van der Waals surface area contributed by atoms with Crippen LogP contribution in [0.4, 0.5) is 0 Å². The smallest absolute Gasteiger partial charge is 0.217 e. The largest absolute Gasteiger partial charge is 0.370 e. The van der Waals surface area contributed by atoms with E-state index < -0.39 is 0 Å². The SMILES string of the molecule is CC(C)CC1CN=C(NCCCC(N)=O)S1. The van der Waals surface area contributed by atoms with Crippen LogP contribution >= 0.6 is 11.8 Å². The molecule has 0 saturated heterocycles. The Morgan fingerprint density at radius 2 is 2.44 bits per heavy atom. The molecule has 0 spiro atoms. The van der Waals surface area contributed by atoms with Crippen LogP contribution in [0.3, 0.4) is 0 Å². The molecule has 1 unspecified atom stereocenters. The predicted molar refractivity (Wildman–Crippen MR) is 69.6 cm³/mol. The maximum atomic E-state index is 10.5. The summed E-state index contributed by atoms with van der Waals surface area (Å²) in [6.45, 7) is 6.17. The Morgan fingerprint density at radius 1 is 1.69 bits per heavy atom. The molecular formula is C11H21N3OS. The topological polar surface area (TPSA) is 67.5 Å². The van der Waals surface area contributed by atoms with Gasteiger partial charge >= 0.3 is 0 Å². The number of rotatable bonds is 6. The molecule has 4 nitrogen and oxygen atoms in total. The zero-order chi connectivity index (χ0) is 12.0. The minimum Gasteiger partial charge on any atom is -0.370 e. The molecule has 3 N–H and O–H groups in total. The fourth-order valence-electron chi connectivity index (χ4n) is 1.62. The van der Waals surface area contributed by atoms with E-state index >= 15 is 0 Å². The molecule has 0 aliphatic carbocycles. The van der Waals surface area contributed by atoms with Crippen LogP contribution in [0, 0.1) is 5.92 Å². The van der Waals surface area contributed by atoms with Gasteiger partial charge in [0.2, 0.25) is 5.91 Å². The summed E-state index contributed by atoms with van der Waals surface area (Å²) in [5.41, 5.74) is 5.06. The molecule has 0 aromatic heterocycles. The molecule has 0 aromatic carbocycles. The van der Waals surface area contributed by atoms with Gasteiger partial charge in [0.25, 0.3) is 0 Å². The molecule has 1 aliphatic rings. The number of amidine groups is 1. The van der Waals surface area contributed by atoms with Crippen LogP contribution in [0.15, 0.2) is 4.99 Å². The van der Waals surface area contributed by atoms with E-state index in [0.29, 0.717) is 11.7 Å². The van der Waals surface area contributed by atoms with Gasteiger partial charge in [0.15, 0.2) is 5.17 Å². The summed E-state index contributed by atoms with van der Waals surface area (Å²) in [6.07, 6.45) is 2.44. The summed E-state index contributed by atoms with van der Waals surface area (Å²) < 4.78 is 0. The van der Waals surface area contributed by atoms with Crippen molar-refractivity contribution in [2.75, 3.05) is 13.1 Å². The van der Waals surface area contributed by atoms with Crippen molar-refractivity contribution in [1.29, 1.82) is 0 Å². The lowest BCUT2D eigenvalue weighted by atomic mass is 10.1. The zero-order valence-corrected chi connectivity index (χ0v) is 10.8. The quantitative estimate of drug-likeness (QED) is 0.692. The fourth-order valence-corrected chi connectivity index (χ4v) is 2.90. The van der Waals surface area contributed by atoms with Crippen LogP contribution in [0.1, 0.15) is 33.1 Å². The first-order valence-electron chi connectivity index (χ1n) is 5.81. The standard InChI is InChI=1S/C11H21N3OS/c1-8(2)6-9-7-14-11(16-9)13-5-3-4-10(12)15/h8-9H,3-7H2,1-2H3,(H2,12,15)(H,13,14). The second kappa shape index (κ2) is 6.78. The Morgan fingerprint density at radius 3 is 3.06 bits per heavy atom. The van der Waals surface area contributed by atoms with Crippen molar-refractivity contribution in [3.63, 3.8) is 0 Å². The molecule has 1 aliphatic heterocycles. The first-order chi connectivity index (χ1) is 7.58. The number of primary amides is 1. The summed E-state index contributed by atoms with van der Waals surface area (Å²) in [4.78, 5) is 15.0. The van der Waals surface area contributed by atoms with Gasteiger partial charge in [0.1, 0.15) is 0 Å². The van der Waals surface area contributed by atoms with Crippen LogP contribution in [0.2, 0.25) is 0 Å². The summed E-state index contributed by atoms with van der Waals surface area (Å²) in [5, 5.41) is 4.89. The van der Waals surface area contributed by atoms with Gasteiger partial charge in [0.05, 0.1) is 6.54 Å². The molecule has 1 rings (SSSR count). The maximum Gasteiger partial charge on any atom is 0.217 e. The van der Waals surface area contributed by atoms with E-state index in [4.69, 9.17) is 5.73 Å². The predicted octanol–water partition coefficient (Wildman–Crippen LogP) is 1.36. The van der Waals surface area contributed by atoms with Crippen LogP contribution in [-0.4, -0.2) is 29.4 Å². The Labute approximate surface area is 101 Å². The van der Waals surface area contributed by atoms with Crippen molar-refractivity contribution in [3.8, 4) is 0 Å². The number of nitrogens with two attached hydrogens (primary N) is 1. The third kappa shape index (κ3) is 5.39. The lowest BCUT2D eigenvalue weighted by molar-refractivity contribution is -0.118. The van der Waals surface area contributed by atoms with Crippen molar-refractivity contribution < 1.29 is 4.79 Å².